The van der Waals surface area contributed by atoms with Crippen molar-refractivity contribution in [2.24, 2.45) is 0 Å². The second kappa shape index (κ2) is 5.90. The topological polar surface area (TPSA) is 64.2 Å². The van der Waals surface area contributed by atoms with Gasteiger partial charge in [0.25, 0.3) is 0 Å². The molecule has 5 nitrogen and oxygen atoms in total. The lowest BCUT2D eigenvalue weighted by atomic mass is 10.1. The highest BCUT2D eigenvalue weighted by Crippen LogP contribution is 2.23. The number of nitrogens with two attached hydrogens (primary N) is 1. The first-order valence-corrected chi connectivity index (χ1v) is 6.37. The Kier molecular flexibility index (Phi) is 4.21. The molecule has 21 heavy (non-hydrogen) atoms. The molecule has 0 aliphatic carbocycles. The Labute approximate surface area is 121 Å². The number of nitrogen functional groups attached to an aromatic ring is 1. The van der Waals surface area contributed by atoms with E-state index in [0.717, 1.165) is 18.2 Å². The van der Waals surface area contributed by atoms with Gasteiger partial charge in [-0.1, -0.05) is 0 Å². The zero-order valence-electron chi connectivity index (χ0n) is 11.8. The minimum absolute atomic E-state index is 0.0189. The number of anilines is 1. The van der Waals surface area contributed by atoms with Crippen LogP contribution < -0.4 is 5.73 Å². The van der Waals surface area contributed by atoms with Gasteiger partial charge in [-0.25, -0.2) is 8.78 Å². The third kappa shape index (κ3) is 3.36. The summed E-state index contributed by atoms with van der Waals surface area (Å²) in [6, 6.07) is 2.59. The maximum absolute atomic E-state index is 13.7. The van der Waals surface area contributed by atoms with Gasteiger partial charge in [0, 0.05) is 18.8 Å². The van der Waals surface area contributed by atoms with Crippen molar-refractivity contribution in [3.8, 4) is 0 Å². The van der Waals surface area contributed by atoms with Crippen molar-refractivity contribution in [3.63, 3.8) is 0 Å². The predicted octanol–water partition coefficient (Wildman–Crippen LogP) is 1.96. The minimum Gasteiger partial charge on any atom is -0.396 e. The quantitative estimate of drug-likeness (QED) is 0.937. The van der Waals surface area contributed by atoms with Gasteiger partial charge in [-0.3, -0.25) is 9.48 Å². The lowest BCUT2D eigenvalue weighted by Crippen LogP contribution is -2.33. The molecule has 1 unspecified atom stereocenters. The van der Waals surface area contributed by atoms with E-state index in [9.17, 15) is 13.6 Å². The van der Waals surface area contributed by atoms with E-state index in [0.29, 0.717) is 5.69 Å². The van der Waals surface area contributed by atoms with Crippen molar-refractivity contribution >= 4 is 11.6 Å². The molecule has 112 valence electrons. The molecule has 0 saturated heterocycles. The molecule has 2 rings (SSSR count). The molecular weight excluding hydrogens is 278 g/mol. The van der Waals surface area contributed by atoms with Gasteiger partial charge in [0.2, 0.25) is 5.91 Å². The van der Waals surface area contributed by atoms with E-state index in [4.69, 9.17) is 5.73 Å². The number of amides is 1. The first-order chi connectivity index (χ1) is 9.88. The highest BCUT2D eigenvalue weighted by molar-refractivity contribution is 5.76. The average Bonchev–Trinajstić information content (AvgIpc) is 2.85. The van der Waals surface area contributed by atoms with Gasteiger partial charge in [-0.15, -0.1) is 0 Å². The van der Waals surface area contributed by atoms with Gasteiger partial charge in [0.15, 0.2) is 0 Å². The molecule has 1 atom stereocenters. The van der Waals surface area contributed by atoms with E-state index in [-0.39, 0.29) is 18.0 Å². The average molecular weight is 294 g/mol. The van der Waals surface area contributed by atoms with Crippen molar-refractivity contribution in [3.05, 3.63) is 47.8 Å². The van der Waals surface area contributed by atoms with Crippen LogP contribution in [0.25, 0.3) is 0 Å². The molecule has 0 aliphatic heterocycles. The third-order valence-corrected chi connectivity index (χ3v) is 3.33. The standard InChI is InChI=1S/C14H16F2N4O/c1-9(12-5-10(15)3-4-13(12)16)19(2)14(21)8-20-7-11(17)6-18-20/h3-7,9H,8,17H2,1-2H3. The molecule has 0 bridgehead atoms. The molecule has 0 saturated carbocycles. The molecule has 2 aromatic rings. The fourth-order valence-corrected chi connectivity index (χ4v) is 1.98. The Morgan fingerprint density at radius 3 is 2.81 bits per heavy atom. The number of hydrogen-bond donors (Lipinski definition) is 1. The van der Waals surface area contributed by atoms with Crippen molar-refractivity contribution in [1.82, 2.24) is 14.7 Å². The van der Waals surface area contributed by atoms with Crippen molar-refractivity contribution in [1.29, 1.82) is 0 Å². The highest BCUT2D eigenvalue weighted by Gasteiger charge is 2.21. The van der Waals surface area contributed by atoms with E-state index in [1.165, 1.54) is 29.0 Å². The van der Waals surface area contributed by atoms with Crippen LogP contribution in [0.1, 0.15) is 18.5 Å². The van der Waals surface area contributed by atoms with E-state index in [1.807, 2.05) is 0 Å². The summed E-state index contributed by atoms with van der Waals surface area (Å²) in [5, 5.41) is 3.91. The molecule has 0 fully saturated rings. The molecule has 0 aliphatic rings. The SMILES string of the molecule is CC(c1cc(F)ccc1F)N(C)C(=O)Cn1cc(N)cn1. The summed E-state index contributed by atoms with van der Waals surface area (Å²) >= 11 is 0. The second-order valence-electron chi connectivity index (χ2n) is 4.82. The lowest BCUT2D eigenvalue weighted by molar-refractivity contribution is -0.132. The normalized spacial score (nSPS) is 12.2. The van der Waals surface area contributed by atoms with Crippen LogP contribution in [0.5, 0.6) is 0 Å². The Morgan fingerprint density at radius 1 is 1.48 bits per heavy atom. The van der Waals surface area contributed by atoms with Crippen molar-refractivity contribution in [2.45, 2.75) is 19.5 Å². The number of benzene rings is 1. The molecule has 7 heteroatoms. The Bertz CT molecular complexity index is 656. The summed E-state index contributed by atoms with van der Waals surface area (Å²) in [4.78, 5) is 13.5. The van der Waals surface area contributed by atoms with Gasteiger partial charge in [0.05, 0.1) is 17.9 Å². The van der Waals surface area contributed by atoms with Crippen LogP contribution in [0.3, 0.4) is 0 Å². The van der Waals surface area contributed by atoms with Crippen molar-refractivity contribution < 1.29 is 13.6 Å². The van der Waals surface area contributed by atoms with E-state index in [2.05, 4.69) is 5.10 Å². The summed E-state index contributed by atoms with van der Waals surface area (Å²) in [6.07, 6.45) is 2.96. The number of nitrogens with zero attached hydrogens (tertiary/aromatic N) is 3. The number of halogens is 2. The molecule has 1 aromatic carbocycles. The Hall–Kier alpha value is -2.44. The number of rotatable bonds is 4. The molecule has 1 amide bonds. The Balaban J connectivity index is 2.12. The van der Waals surface area contributed by atoms with Crippen molar-refractivity contribution in [2.75, 3.05) is 12.8 Å². The fraction of sp³-hybridized carbons (Fsp3) is 0.286. The zero-order valence-corrected chi connectivity index (χ0v) is 11.8. The molecule has 2 N–H and O–H groups in total. The number of hydrogen-bond acceptors (Lipinski definition) is 3. The highest BCUT2D eigenvalue weighted by atomic mass is 19.1. The second-order valence-corrected chi connectivity index (χ2v) is 4.82. The van der Waals surface area contributed by atoms with Gasteiger partial charge in [-0.05, 0) is 25.1 Å². The predicted molar refractivity (Wildman–Crippen MR) is 74.2 cm³/mol. The van der Waals surface area contributed by atoms with Crippen LogP contribution in [0.2, 0.25) is 0 Å². The molecule has 1 heterocycles. The number of likely N-dealkylation sites (N-methyl/N-ethyl adjacent to an activating group) is 1. The van der Waals surface area contributed by atoms with E-state index < -0.39 is 17.7 Å². The maximum atomic E-state index is 13.7. The minimum atomic E-state index is -0.596. The summed E-state index contributed by atoms with van der Waals surface area (Å²) < 4.78 is 28.4. The van der Waals surface area contributed by atoms with Gasteiger partial charge >= 0.3 is 0 Å². The van der Waals surface area contributed by atoms with Gasteiger partial charge < -0.3 is 10.6 Å². The van der Waals surface area contributed by atoms with Crippen LogP contribution in [-0.2, 0) is 11.3 Å². The molecule has 1 aromatic heterocycles. The first-order valence-electron chi connectivity index (χ1n) is 6.37. The number of aromatic nitrogens is 2. The summed E-state index contributed by atoms with van der Waals surface area (Å²) in [5.41, 5.74) is 6.10. The van der Waals surface area contributed by atoms with Crippen LogP contribution >= 0.6 is 0 Å². The smallest absolute Gasteiger partial charge is 0.244 e. The molecular formula is C14H16F2N4O. The number of carbonyl (C=O) groups is 1. The summed E-state index contributed by atoms with van der Waals surface area (Å²) in [5.74, 6) is -1.37. The Morgan fingerprint density at radius 2 is 2.19 bits per heavy atom. The maximum Gasteiger partial charge on any atom is 0.244 e. The first kappa shape index (κ1) is 15.0. The lowest BCUT2D eigenvalue weighted by Gasteiger charge is -2.25. The third-order valence-electron chi connectivity index (χ3n) is 3.33. The summed E-state index contributed by atoms with van der Waals surface area (Å²) in [6.45, 7) is 1.61. The van der Waals surface area contributed by atoms with Crippen LogP contribution in [0.4, 0.5) is 14.5 Å². The number of carbonyl (C=O) groups excluding carboxylic acids is 1. The zero-order chi connectivity index (χ0) is 15.6. The van der Waals surface area contributed by atoms with Gasteiger partial charge in [-0.2, -0.15) is 5.10 Å². The largest absolute Gasteiger partial charge is 0.396 e. The molecule has 0 spiro atoms. The monoisotopic (exact) mass is 294 g/mol. The van der Waals surface area contributed by atoms with Crippen LogP contribution in [0, 0.1) is 11.6 Å². The van der Waals surface area contributed by atoms with Gasteiger partial charge in [0.1, 0.15) is 18.2 Å². The van der Waals surface area contributed by atoms with Crippen LogP contribution in [-0.4, -0.2) is 27.6 Å². The van der Waals surface area contributed by atoms with Crippen LogP contribution in [0.15, 0.2) is 30.6 Å². The van der Waals surface area contributed by atoms with E-state index in [1.54, 1.807) is 6.92 Å². The molecule has 0 radical (unpaired) electrons. The summed E-state index contributed by atoms with van der Waals surface area (Å²) in [7, 11) is 1.53. The van der Waals surface area contributed by atoms with E-state index >= 15 is 0 Å². The fourth-order valence-electron chi connectivity index (χ4n) is 1.98.